The quantitative estimate of drug-likeness (QED) is 0.520. The third-order valence-corrected chi connectivity index (χ3v) is 2.47. The van der Waals surface area contributed by atoms with E-state index in [1.54, 1.807) is 0 Å². The maximum absolute atomic E-state index is 5.89. The van der Waals surface area contributed by atoms with Crippen LogP contribution in [-0.2, 0) is 0 Å². The fourth-order valence-electron chi connectivity index (χ4n) is 1.64. The molecule has 0 aromatic heterocycles. The minimum Gasteiger partial charge on any atom is -0.370 e. The number of nitrogens with two attached hydrogens (primary N) is 1. The topological polar surface area (TPSA) is 41.6 Å². The van der Waals surface area contributed by atoms with E-state index in [4.69, 9.17) is 5.73 Å². The Balaban J connectivity index is 2.45. The van der Waals surface area contributed by atoms with Gasteiger partial charge in [-0.2, -0.15) is 0 Å². The molecule has 1 aliphatic heterocycles. The highest BCUT2D eigenvalue weighted by atomic mass is 15.3. The minimum absolute atomic E-state index is 0.580. The lowest BCUT2D eigenvalue weighted by molar-refractivity contribution is 0.407. The van der Waals surface area contributed by atoms with Crippen molar-refractivity contribution in [3.8, 4) is 0 Å². The monoisotopic (exact) mass is 183 g/mol. The van der Waals surface area contributed by atoms with E-state index in [1.807, 2.05) is 0 Å². The molecule has 0 aromatic carbocycles. The van der Waals surface area contributed by atoms with Crippen LogP contribution in [0.25, 0.3) is 0 Å². The molecule has 0 radical (unpaired) electrons. The SMILES string of the molecule is CC(C)CN=C(N)N1CCCC1C. The van der Waals surface area contributed by atoms with Gasteiger partial charge in [0, 0.05) is 19.1 Å². The average Bonchev–Trinajstić information content (AvgIpc) is 2.47. The van der Waals surface area contributed by atoms with Gasteiger partial charge in [-0.05, 0) is 25.7 Å². The van der Waals surface area contributed by atoms with E-state index in [9.17, 15) is 0 Å². The van der Waals surface area contributed by atoms with Gasteiger partial charge in [-0.15, -0.1) is 0 Å². The maximum atomic E-state index is 5.89. The second-order valence-corrected chi connectivity index (χ2v) is 4.28. The highest BCUT2D eigenvalue weighted by Crippen LogP contribution is 2.15. The largest absolute Gasteiger partial charge is 0.370 e. The van der Waals surface area contributed by atoms with Gasteiger partial charge in [-0.1, -0.05) is 13.8 Å². The average molecular weight is 183 g/mol. The Morgan fingerprint density at radius 1 is 1.62 bits per heavy atom. The smallest absolute Gasteiger partial charge is 0.191 e. The summed E-state index contributed by atoms with van der Waals surface area (Å²) in [6.45, 7) is 8.45. The van der Waals surface area contributed by atoms with Crippen molar-refractivity contribution in [2.45, 2.75) is 39.7 Å². The van der Waals surface area contributed by atoms with E-state index < -0.39 is 0 Å². The first-order chi connectivity index (χ1) is 6.11. The van der Waals surface area contributed by atoms with Crippen LogP contribution in [0.15, 0.2) is 4.99 Å². The summed E-state index contributed by atoms with van der Waals surface area (Å²) >= 11 is 0. The van der Waals surface area contributed by atoms with Crippen LogP contribution in [0.4, 0.5) is 0 Å². The molecule has 76 valence electrons. The Morgan fingerprint density at radius 2 is 2.31 bits per heavy atom. The molecule has 1 aliphatic rings. The molecule has 3 nitrogen and oxygen atoms in total. The molecule has 0 aliphatic carbocycles. The summed E-state index contributed by atoms with van der Waals surface area (Å²) in [7, 11) is 0. The number of aliphatic imine (C=N–C) groups is 1. The fraction of sp³-hybridized carbons (Fsp3) is 0.900. The third kappa shape index (κ3) is 2.90. The molecule has 1 rings (SSSR count). The third-order valence-electron chi connectivity index (χ3n) is 2.47. The van der Waals surface area contributed by atoms with Gasteiger partial charge in [0.2, 0.25) is 0 Å². The van der Waals surface area contributed by atoms with Gasteiger partial charge in [0.25, 0.3) is 0 Å². The van der Waals surface area contributed by atoms with Crippen molar-refractivity contribution in [1.29, 1.82) is 0 Å². The van der Waals surface area contributed by atoms with Crippen molar-refractivity contribution in [2.75, 3.05) is 13.1 Å². The second-order valence-electron chi connectivity index (χ2n) is 4.28. The molecule has 2 N–H and O–H groups in total. The summed E-state index contributed by atoms with van der Waals surface area (Å²) in [4.78, 5) is 6.59. The first kappa shape index (κ1) is 10.4. The van der Waals surface area contributed by atoms with E-state index >= 15 is 0 Å². The zero-order chi connectivity index (χ0) is 9.84. The number of likely N-dealkylation sites (tertiary alicyclic amines) is 1. The van der Waals surface area contributed by atoms with Crippen molar-refractivity contribution in [3.05, 3.63) is 0 Å². The van der Waals surface area contributed by atoms with Crippen molar-refractivity contribution in [2.24, 2.45) is 16.6 Å². The van der Waals surface area contributed by atoms with Crippen LogP contribution in [-0.4, -0.2) is 30.0 Å². The summed E-state index contributed by atoms with van der Waals surface area (Å²) in [5.74, 6) is 1.33. The van der Waals surface area contributed by atoms with Crippen molar-refractivity contribution < 1.29 is 0 Å². The standard InChI is InChI=1S/C10H21N3/c1-8(2)7-12-10(11)13-6-4-5-9(13)3/h8-9H,4-7H2,1-3H3,(H2,11,12). The fourth-order valence-corrected chi connectivity index (χ4v) is 1.64. The summed E-state index contributed by atoms with van der Waals surface area (Å²) in [5, 5.41) is 0. The van der Waals surface area contributed by atoms with Gasteiger partial charge >= 0.3 is 0 Å². The number of rotatable bonds is 2. The van der Waals surface area contributed by atoms with Gasteiger partial charge in [-0.3, -0.25) is 4.99 Å². The molecule has 0 amide bonds. The van der Waals surface area contributed by atoms with Gasteiger partial charge < -0.3 is 10.6 Å². The Labute approximate surface area is 81.0 Å². The van der Waals surface area contributed by atoms with E-state index in [-0.39, 0.29) is 0 Å². The van der Waals surface area contributed by atoms with E-state index in [0.717, 1.165) is 19.0 Å². The zero-order valence-corrected chi connectivity index (χ0v) is 8.95. The Morgan fingerprint density at radius 3 is 2.77 bits per heavy atom. The molecule has 0 aromatic rings. The number of hydrogen-bond donors (Lipinski definition) is 1. The molecule has 0 spiro atoms. The lowest BCUT2D eigenvalue weighted by Crippen LogP contribution is -2.39. The van der Waals surface area contributed by atoms with E-state index in [2.05, 4.69) is 30.7 Å². The van der Waals surface area contributed by atoms with Crippen LogP contribution in [0, 0.1) is 5.92 Å². The van der Waals surface area contributed by atoms with E-state index in [1.165, 1.54) is 12.8 Å². The van der Waals surface area contributed by atoms with Crippen molar-refractivity contribution >= 4 is 5.96 Å². The van der Waals surface area contributed by atoms with Crippen LogP contribution in [0.2, 0.25) is 0 Å². The highest BCUT2D eigenvalue weighted by Gasteiger charge is 2.21. The highest BCUT2D eigenvalue weighted by molar-refractivity contribution is 5.78. The van der Waals surface area contributed by atoms with Gasteiger partial charge in [0.15, 0.2) is 5.96 Å². The minimum atomic E-state index is 0.580. The lowest BCUT2D eigenvalue weighted by Gasteiger charge is -2.22. The molecule has 3 heteroatoms. The molecular weight excluding hydrogens is 162 g/mol. The molecule has 1 unspecified atom stereocenters. The molecule has 1 heterocycles. The first-order valence-electron chi connectivity index (χ1n) is 5.18. The van der Waals surface area contributed by atoms with Crippen LogP contribution >= 0.6 is 0 Å². The summed E-state index contributed by atoms with van der Waals surface area (Å²) in [6.07, 6.45) is 2.50. The van der Waals surface area contributed by atoms with Crippen LogP contribution in [0.1, 0.15) is 33.6 Å². The molecule has 1 atom stereocenters. The molecule has 1 fully saturated rings. The Hall–Kier alpha value is -0.730. The van der Waals surface area contributed by atoms with Crippen LogP contribution in [0.5, 0.6) is 0 Å². The second kappa shape index (κ2) is 4.49. The molecule has 1 saturated heterocycles. The zero-order valence-electron chi connectivity index (χ0n) is 8.95. The normalized spacial score (nSPS) is 24.5. The molecular formula is C10H21N3. The van der Waals surface area contributed by atoms with E-state index in [0.29, 0.717) is 12.0 Å². The van der Waals surface area contributed by atoms with Crippen LogP contribution < -0.4 is 5.73 Å². The van der Waals surface area contributed by atoms with Crippen LogP contribution in [0.3, 0.4) is 0 Å². The maximum Gasteiger partial charge on any atom is 0.191 e. The van der Waals surface area contributed by atoms with Gasteiger partial charge in [-0.25, -0.2) is 0 Å². The van der Waals surface area contributed by atoms with Crippen molar-refractivity contribution in [1.82, 2.24) is 4.90 Å². The predicted octanol–water partition coefficient (Wildman–Crippen LogP) is 1.44. The Bertz CT molecular complexity index is 187. The number of hydrogen-bond acceptors (Lipinski definition) is 1. The molecule has 0 saturated carbocycles. The Kier molecular flexibility index (Phi) is 3.58. The summed E-state index contributed by atoms with van der Waals surface area (Å²) < 4.78 is 0. The first-order valence-corrected chi connectivity index (χ1v) is 5.18. The van der Waals surface area contributed by atoms with Gasteiger partial charge in [0.05, 0.1) is 0 Å². The lowest BCUT2D eigenvalue weighted by atomic mass is 10.2. The van der Waals surface area contributed by atoms with Gasteiger partial charge in [0.1, 0.15) is 0 Å². The number of nitrogens with zero attached hydrogens (tertiary/aromatic N) is 2. The predicted molar refractivity (Wildman–Crippen MR) is 56.7 cm³/mol. The summed E-state index contributed by atoms with van der Waals surface area (Å²) in [5.41, 5.74) is 5.89. The summed E-state index contributed by atoms with van der Waals surface area (Å²) in [6, 6.07) is 0.580. The molecule has 0 bridgehead atoms. The van der Waals surface area contributed by atoms with Crippen molar-refractivity contribution in [3.63, 3.8) is 0 Å². The number of guanidine groups is 1. The molecule has 13 heavy (non-hydrogen) atoms.